The summed E-state index contributed by atoms with van der Waals surface area (Å²) in [5, 5.41) is 3.28. The van der Waals surface area contributed by atoms with E-state index in [1.54, 1.807) is 11.9 Å². The van der Waals surface area contributed by atoms with Gasteiger partial charge in [0.25, 0.3) is 5.91 Å². The van der Waals surface area contributed by atoms with Crippen molar-refractivity contribution < 1.29 is 9.53 Å². The number of benzene rings is 1. The zero-order chi connectivity index (χ0) is 13.7. The molecule has 1 aromatic rings. The van der Waals surface area contributed by atoms with Crippen molar-refractivity contribution in [1.29, 1.82) is 0 Å². The fraction of sp³-hybridized carbons (Fsp3) is 0.533. The molecule has 0 radical (unpaired) electrons. The predicted octanol–water partition coefficient (Wildman–Crippen LogP) is 1.73. The molecular formula is C15H22N2O2. The van der Waals surface area contributed by atoms with Gasteiger partial charge in [-0.3, -0.25) is 4.79 Å². The summed E-state index contributed by atoms with van der Waals surface area (Å²) < 4.78 is 5.68. The van der Waals surface area contributed by atoms with Gasteiger partial charge in [0.1, 0.15) is 6.61 Å². The van der Waals surface area contributed by atoms with Crippen molar-refractivity contribution >= 4 is 11.6 Å². The Morgan fingerprint density at radius 3 is 2.58 bits per heavy atom. The van der Waals surface area contributed by atoms with E-state index in [0.717, 1.165) is 31.6 Å². The van der Waals surface area contributed by atoms with Gasteiger partial charge in [-0.05, 0) is 45.0 Å². The van der Waals surface area contributed by atoms with Crippen LogP contribution >= 0.6 is 0 Å². The van der Waals surface area contributed by atoms with Crippen molar-refractivity contribution in [2.24, 2.45) is 0 Å². The van der Waals surface area contributed by atoms with E-state index < -0.39 is 0 Å². The molecule has 1 aliphatic rings. The number of carbonyl (C=O) groups is 1. The number of anilines is 1. The largest absolute Gasteiger partial charge is 0.368 e. The van der Waals surface area contributed by atoms with Gasteiger partial charge < -0.3 is 15.0 Å². The first-order valence-electron chi connectivity index (χ1n) is 6.82. The Morgan fingerprint density at radius 2 is 1.95 bits per heavy atom. The standard InChI is InChI=1S/C15H22N2O2/c1-12-3-5-13(6-4-12)17(2)15(18)11-19-14-7-9-16-10-8-14/h3-6,14,16H,7-11H2,1-2H3. The number of piperidine rings is 1. The maximum Gasteiger partial charge on any atom is 0.252 e. The zero-order valence-electron chi connectivity index (χ0n) is 11.7. The lowest BCUT2D eigenvalue weighted by atomic mass is 10.1. The summed E-state index contributed by atoms with van der Waals surface area (Å²) in [4.78, 5) is 13.7. The van der Waals surface area contributed by atoms with Crippen LogP contribution in [0.15, 0.2) is 24.3 Å². The monoisotopic (exact) mass is 262 g/mol. The average Bonchev–Trinajstić information content (AvgIpc) is 2.46. The molecule has 1 saturated heterocycles. The molecule has 0 saturated carbocycles. The summed E-state index contributed by atoms with van der Waals surface area (Å²) in [7, 11) is 1.79. The summed E-state index contributed by atoms with van der Waals surface area (Å²) in [6.45, 7) is 4.15. The Morgan fingerprint density at radius 1 is 1.32 bits per heavy atom. The molecular weight excluding hydrogens is 240 g/mol. The summed E-state index contributed by atoms with van der Waals surface area (Å²) in [6, 6.07) is 7.93. The number of nitrogens with zero attached hydrogens (tertiary/aromatic N) is 1. The highest BCUT2D eigenvalue weighted by molar-refractivity contribution is 5.93. The van der Waals surface area contributed by atoms with Crippen LogP contribution in [0.25, 0.3) is 0 Å². The highest BCUT2D eigenvalue weighted by Gasteiger charge is 2.17. The molecule has 1 N–H and O–H groups in total. The summed E-state index contributed by atoms with van der Waals surface area (Å²) in [5.41, 5.74) is 2.10. The molecule has 1 fully saturated rings. The molecule has 1 heterocycles. The smallest absolute Gasteiger partial charge is 0.252 e. The van der Waals surface area contributed by atoms with Gasteiger partial charge in [-0.1, -0.05) is 17.7 Å². The third-order valence-corrected chi connectivity index (χ3v) is 3.52. The minimum absolute atomic E-state index is 0.00221. The summed E-state index contributed by atoms with van der Waals surface area (Å²) in [6.07, 6.45) is 2.19. The molecule has 2 rings (SSSR count). The first kappa shape index (κ1) is 14.0. The van der Waals surface area contributed by atoms with E-state index in [9.17, 15) is 4.79 Å². The van der Waals surface area contributed by atoms with Crippen molar-refractivity contribution in [3.8, 4) is 0 Å². The second-order valence-corrected chi connectivity index (χ2v) is 5.05. The van der Waals surface area contributed by atoms with Gasteiger partial charge in [0.05, 0.1) is 6.10 Å². The Hall–Kier alpha value is -1.39. The Labute approximate surface area is 114 Å². The third-order valence-electron chi connectivity index (χ3n) is 3.52. The lowest BCUT2D eigenvalue weighted by Gasteiger charge is -2.24. The topological polar surface area (TPSA) is 41.6 Å². The van der Waals surface area contributed by atoms with Gasteiger partial charge in [0, 0.05) is 12.7 Å². The lowest BCUT2D eigenvalue weighted by molar-refractivity contribution is -0.125. The average molecular weight is 262 g/mol. The first-order chi connectivity index (χ1) is 9.16. The highest BCUT2D eigenvalue weighted by Crippen LogP contribution is 2.14. The summed E-state index contributed by atoms with van der Waals surface area (Å²) in [5.74, 6) is 0.00221. The van der Waals surface area contributed by atoms with Gasteiger partial charge in [-0.15, -0.1) is 0 Å². The predicted molar refractivity (Wildman–Crippen MR) is 76.4 cm³/mol. The van der Waals surface area contributed by atoms with Crippen LogP contribution in [0.2, 0.25) is 0 Å². The van der Waals surface area contributed by atoms with E-state index in [-0.39, 0.29) is 18.6 Å². The van der Waals surface area contributed by atoms with Crippen molar-refractivity contribution in [3.05, 3.63) is 29.8 Å². The first-order valence-corrected chi connectivity index (χ1v) is 6.82. The van der Waals surface area contributed by atoms with Crippen molar-refractivity contribution in [2.45, 2.75) is 25.9 Å². The molecule has 1 amide bonds. The summed E-state index contributed by atoms with van der Waals surface area (Å²) >= 11 is 0. The minimum atomic E-state index is 0.00221. The van der Waals surface area contributed by atoms with E-state index in [0.29, 0.717) is 0 Å². The number of hydrogen-bond acceptors (Lipinski definition) is 3. The number of amides is 1. The van der Waals surface area contributed by atoms with E-state index in [4.69, 9.17) is 4.74 Å². The van der Waals surface area contributed by atoms with E-state index in [2.05, 4.69) is 5.32 Å². The van der Waals surface area contributed by atoms with Gasteiger partial charge in [0.2, 0.25) is 0 Å². The van der Waals surface area contributed by atoms with Crippen LogP contribution in [0.4, 0.5) is 5.69 Å². The van der Waals surface area contributed by atoms with E-state index in [1.807, 2.05) is 31.2 Å². The number of likely N-dealkylation sites (N-methyl/N-ethyl adjacent to an activating group) is 1. The molecule has 0 spiro atoms. The fourth-order valence-electron chi connectivity index (χ4n) is 2.16. The SMILES string of the molecule is Cc1ccc(N(C)C(=O)COC2CCNCC2)cc1. The van der Waals surface area contributed by atoms with Crippen LogP contribution in [0.5, 0.6) is 0 Å². The van der Waals surface area contributed by atoms with Crippen LogP contribution in [0, 0.1) is 6.92 Å². The third kappa shape index (κ3) is 4.04. The number of ether oxygens (including phenoxy) is 1. The molecule has 0 atom stereocenters. The second kappa shape index (κ2) is 6.68. The van der Waals surface area contributed by atoms with Crippen LogP contribution in [0.1, 0.15) is 18.4 Å². The zero-order valence-corrected chi connectivity index (χ0v) is 11.7. The van der Waals surface area contributed by atoms with Crippen LogP contribution in [-0.2, 0) is 9.53 Å². The molecule has 0 aliphatic carbocycles. The van der Waals surface area contributed by atoms with Gasteiger partial charge in [-0.25, -0.2) is 0 Å². The van der Waals surface area contributed by atoms with Crippen molar-refractivity contribution in [3.63, 3.8) is 0 Å². The Kier molecular flexibility index (Phi) is 4.93. The van der Waals surface area contributed by atoms with Gasteiger partial charge in [-0.2, -0.15) is 0 Å². The number of nitrogens with one attached hydrogen (secondary N) is 1. The van der Waals surface area contributed by atoms with Gasteiger partial charge >= 0.3 is 0 Å². The Balaban J connectivity index is 1.83. The maximum atomic E-state index is 12.1. The van der Waals surface area contributed by atoms with Crippen LogP contribution < -0.4 is 10.2 Å². The number of rotatable bonds is 4. The molecule has 0 bridgehead atoms. The van der Waals surface area contributed by atoms with Crippen LogP contribution in [0.3, 0.4) is 0 Å². The normalized spacial score (nSPS) is 16.3. The number of carbonyl (C=O) groups excluding carboxylic acids is 1. The molecule has 104 valence electrons. The van der Waals surface area contributed by atoms with Crippen molar-refractivity contribution in [2.75, 3.05) is 31.6 Å². The molecule has 0 aromatic heterocycles. The van der Waals surface area contributed by atoms with E-state index in [1.165, 1.54) is 5.56 Å². The fourth-order valence-corrected chi connectivity index (χ4v) is 2.16. The molecule has 4 heteroatoms. The second-order valence-electron chi connectivity index (χ2n) is 5.05. The molecule has 4 nitrogen and oxygen atoms in total. The van der Waals surface area contributed by atoms with Crippen molar-refractivity contribution in [1.82, 2.24) is 5.32 Å². The Bertz CT molecular complexity index is 411. The van der Waals surface area contributed by atoms with Gasteiger partial charge in [0.15, 0.2) is 0 Å². The number of hydrogen-bond donors (Lipinski definition) is 1. The minimum Gasteiger partial charge on any atom is -0.368 e. The molecule has 1 aromatic carbocycles. The highest BCUT2D eigenvalue weighted by atomic mass is 16.5. The molecule has 19 heavy (non-hydrogen) atoms. The molecule has 0 unspecified atom stereocenters. The quantitative estimate of drug-likeness (QED) is 0.898. The molecule has 1 aliphatic heterocycles. The maximum absolute atomic E-state index is 12.1. The lowest BCUT2D eigenvalue weighted by Crippen LogP contribution is -2.36. The van der Waals surface area contributed by atoms with E-state index >= 15 is 0 Å². The number of aryl methyl sites for hydroxylation is 1. The van der Waals surface area contributed by atoms with Crippen LogP contribution in [-0.4, -0.2) is 38.8 Å².